The van der Waals surface area contributed by atoms with E-state index in [4.69, 9.17) is 9.47 Å². The third kappa shape index (κ3) is 1.36. The lowest BCUT2D eigenvalue weighted by Crippen LogP contribution is -2.52. The van der Waals surface area contributed by atoms with Crippen LogP contribution in [0, 0.1) is 0 Å². The molecule has 0 saturated carbocycles. The zero-order valence-electron chi connectivity index (χ0n) is 11.5. The van der Waals surface area contributed by atoms with E-state index < -0.39 is 17.6 Å². The zero-order valence-corrected chi connectivity index (χ0v) is 11.5. The lowest BCUT2D eigenvalue weighted by molar-refractivity contribution is 0.0937. The number of rotatable bonds is 0. The van der Waals surface area contributed by atoms with Crippen LogP contribution in [0.3, 0.4) is 0 Å². The van der Waals surface area contributed by atoms with Gasteiger partial charge in [0.15, 0.2) is 11.5 Å². The lowest BCUT2D eigenvalue weighted by Gasteiger charge is -2.45. The molecule has 3 aliphatic heterocycles. The molecule has 5 nitrogen and oxygen atoms in total. The van der Waals surface area contributed by atoms with Crippen LogP contribution in [0.5, 0.6) is 11.5 Å². The Balaban J connectivity index is 1.76. The number of hydrogen-bond donors (Lipinski definition) is 2. The summed E-state index contributed by atoms with van der Waals surface area (Å²) in [6, 6.07) is 4.22. The predicted octanol–water partition coefficient (Wildman–Crippen LogP) is 0.533. The third-order valence-corrected chi connectivity index (χ3v) is 5.45. The Morgan fingerprint density at radius 1 is 1.19 bits per heavy atom. The van der Waals surface area contributed by atoms with Crippen LogP contribution in [-0.4, -0.2) is 46.7 Å². The molecule has 4 aliphatic rings. The van der Waals surface area contributed by atoms with Crippen molar-refractivity contribution in [1.29, 1.82) is 0 Å². The van der Waals surface area contributed by atoms with Crippen LogP contribution >= 0.6 is 0 Å². The van der Waals surface area contributed by atoms with E-state index in [0.29, 0.717) is 13.0 Å². The summed E-state index contributed by atoms with van der Waals surface area (Å²) in [6.07, 6.45) is 3.63. The topological polar surface area (TPSA) is 62.2 Å². The van der Waals surface area contributed by atoms with Crippen LogP contribution in [0.2, 0.25) is 0 Å². The summed E-state index contributed by atoms with van der Waals surface area (Å²) < 4.78 is 11.0. The Bertz CT molecular complexity index is 658. The van der Waals surface area contributed by atoms with Gasteiger partial charge in [-0.15, -0.1) is 0 Å². The molecule has 1 fully saturated rings. The summed E-state index contributed by atoms with van der Waals surface area (Å²) in [6.45, 7) is 1.69. The first-order valence-electron chi connectivity index (χ1n) is 7.41. The molecule has 110 valence electrons. The molecule has 1 aliphatic carbocycles. The monoisotopic (exact) mass is 287 g/mol. The minimum atomic E-state index is -0.451. The van der Waals surface area contributed by atoms with E-state index >= 15 is 0 Å². The van der Waals surface area contributed by atoms with Gasteiger partial charge < -0.3 is 19.7 Å². The number of fused-ring (bicyclic) bond motifs is 2. The van der Waals surface area contributed by atoms with Crippen LogP contribution in [0.15, 0.2) is 24.3 Å². The van der Waals surface area contributed by atoms with E-state index in [1.807, 2.05) is 24.3 Å². The average Bonchev–Trinajstić information content (AvgIpc) is 2.99. The Labute approximate surface area is 122 Å². The quantitative estimate of drug-likeness (QED) is 0.682. The first-order chi connectivity index (χ1) is 10.2. The number of aliphatic hydroxyl groups excluding tert-OH is 2. The van der Waals surface area contributed by atoms with Crippen molar-refractivity contribution in [2.75, 3.05) is 13.3 Å². The molecule has 5 rings (SSSR count). The van der Waals surface area contributed by atoms with Crippen molar-refractivity contribution in [3.8, 4) is 11.5 Å². The van der Waals surface area contributed by atoms with Gasteiger partial charge in [0.05, 0.1) is 17.6 Å². The van der Waals surface area contributed by atoms with Gasteiger partial charge in [-0.3, -0.25) is 4.90 Å². The second-order valence-electron chi connectivity index (χ2n) is 6.42. The van der Waals surface area contributed by atoms with Gasteiger partial charge in [0.1, 0.15) is 0 Å². The maximum atomic E-state index is 10.7. The second-order valence-corrected chi connectivity index (χ2v) is 6.42. The molecule has 2 bridgehead atoms. The van der Waals surface area contributed by atoms with Gasteiger partial charge in [-0.25, -0.2) is 0 Å². The van der Waals surface area contributed by atoms with Crippen molar-refractivity contribution in [3.63, 3.8) is 0 Å². The molecule has 2 N–H and O–H groups in total. The van der Waals surface area contributed by atoms with Crippen molar-refractivity contribution >= 4 is 0 Å². The van der Waals surface area contributed by atoms with Crippen molar-refractivity contribution < 1.29 is 19.7 Å². The van der Waals surface area contributed by atoms with E-state index in [1.54, 1.807) is 0 Å². The fraction of sp³-hybridized carbons (Fsp3) is 0.500. The van der Waals surface area contributed by atoms with Crippen molar-refractivity contribution in [1.82, 2.24) is 4.90 Å². The first kappa shape index (κ1) is 12.0. The van der Waals surface area contributed by atoms with Gasteiger partial charge in [0, 0.05) is 19.1 Å². The summed E-state index contributed by atoms with van der Waals surface area (Å²) in [5.74, 6) is 1.55. The summed E-state index contributed by atoms with van der Waals surface area (Å²) in [7, 11) is 0. The highest BCUT2D eigenvalue weighted by Crippen LogP contribution is 2.53. The summed E-state index contributed by atoms with van der Waals surface area (Å²) >= 11 is 0. The summed E-state index contributed by atoms with van der Waals surface area (Å²) in [5.41, 5.74) is 1.89. The van der Waals surface area contributed by atoms with Crippen LogP contribution in [-0.2, 0) is 12.0 Å². The maximum Gasteiger partial charge on any atom is 0.231 e. The van der Waals surface area contributed by atoms with Gasteiger partial charge in [-0.05, 0) is 29.7 Å². The SMILES string of the molecule is OC1CN2Cc3cc4c(cc3[C@]13C=C[C@@H](O)C[C@H]23)OCO4. The number of hydrogen-bond acceptors (Lipinski definition) is 5. The van der Waals surface area contributed by atoms with Crippen molar-refractivity contribution in [3.05, 3.63) is 35.4 Å². The normalized spacial score (nSPS) is 41.8. The highest BCUT2D eigenvalue weighted by Gasteiger charge is 2.58. The van der Waals surface area contributed by atoms with Gasteiger partial charge >= 0.3 is 0 Å². The highest BCUT2D eigenvalue weighted by molar-refractivity contribution is 5.56. The van der Waals surface area contributed by atoms with Gasteiger partial charge in [0.2, 0.25) is 6.79 Å². The average molecular weight is 287 g/mol. The molecule has 3 heterocycles. The fourth-order valence-electron chi connectivity index (χ4n) is 4.53. The Kier molecular flexibility index (Phi) is 2.17. The molecule has 2 unspecified atom stereocenters. The van der Waals surface area contributed by atoms with Gasteiger partial charge in [-0.2, -0.15) is 0 Å². The smallest absolute Gasteiger partial charge is 0.231 e. The second kappa shape index (κ2) is 3.80. The summed E-state index contributed by atoms with van der Waals surface area (Å²) in [4.78, 5) is 2.28. The molecular weight excluding hydrogens is 270 g/mol. The standard InChI is InChI=1S/C16H17NO4/c18-10-1-2-16-11-5-13-12(20-8-21-13)3-9(11)6-17(7-15(16)19)14(16)4-10/h1-3,5,10,14-15,18-19H,4,6-8H2/t10-,14+,15?,16+/m1/s1. The molecule has 21 heavy (non-hydrogen) atoms. The number of benzene rings is 1. The van der Waals surface area contributed by atoms with Crippen LogP contribution in [0.4, 0.5) is 0 Å². The largest absolute Gasteiger partial charge is 0.454 e. The van der Waals surface area contributed by atoms with E-state index in [1.165, 1.54) is 5.56 Å². The molecule has 0 radical (unpaired) electrons. The molecule has 1 aromatic rings. The maximum absolute atomic E-state index is 10.7. The number of ether oxygens (including phenoxy) is 2. The Morgan fingerprint density at radius 2 is 2.00 bits per heavy atom. The van der Waals surface area contributed by atoms with Crippen molar-refractivity contribution in [2.24, 2.45) is 0 Å². The third-order valence-electron chi connectivity index (χ3n) is 5.45. The summed E-state index contributed by atoms with van der Waals surface area (Å²) in [5, 5.41) is 20.7. The highest BCUT2D eigenvalue weighted by atomic mass is 16.7. The molecule has 1 aromatic carbocycles. The molecule has 5 heteroatoms. The number of aliphatic hydroxyl groups is 2. The zero-order chi connectivity index (χ0) is 14.2. The molecule has 1 saturated heterocycles. The van der Waals surface area contributed by atoms with E-state index in [2.05, 4.69) is 4.90 Å². The van der Waals surface area contributed by atoms with Gasteiger partial charge in [-0.1, -0.05) is 12.2 Å². The number of nitrogens with zero attached hydrogens (tertiary/aromatic N) is 1. The molecule has 0 amide bonds. The molecule has 0 aromatic heterocycles. The van der Waals surface area contributed by atoms with E-state index in [-0.39, 0.29) is 12.8 Å². The van der Waals surface area contributed by atoms with E-state index in [0.717, 1.165) is 23.6 Å². The molecule has 0 spiro atoms. The van der Waals surface area contributed by atoms with Crippen molar-refractivity contribution in [2.45, 2.75) is 36.6 Å². The molecular formula is C16H17NO4. The fourth-order valence-corrected chi connectivity index (χ4v) is 4.53. The van der Waals surface area contributed by atoms with Crippen LogP contribution in [0.25, 0.3) is 0 Å². The van der Waals surface area contributed by atoms with E-state index in [9.17, 15) is 10.2 Å². The minimum Gasteiger partial charge on any atom is -0.454 e. The lowest BCUT2D eigenvalue weighted by atomic mass is 9.65. The predicted molar refractivity (Wildman–Crippen MR) is 74.2 cm³/mol. The minimum absolute atomic E-state index is 0.153. The van der Waals surface area contributed by atoms with Gasteiger partial charge in [0.25, 0.3) is 0 Å². The molecule has 5 atom stereocenters. The van der Waals surface area contributed by atoms with Crippen LogP contribution in [0.1, 0.15) is 17.5 Å². The Morgan fingerprint density at radius 3 is 2.86 bits per heavy atom. The first-order valence-corrected chi connectivity index (χ1v) is 7.41. The van der Waals surface area contributed by atoms with Crippen LogP contribution < -0.4 is 9.47 Å². The Hall–Kier alpha value is -1.56.